The Morgan fingerprint density at radius 3 is 2.50 bits per heavy atom. The topological polar surface area (TPSA) is 57.5 Å². The summed E-state index contributed by atoms with van der Waals surface area (Å²) in [6, 6.07) is 0. The maximum atomic E-state index is 9.79. The van der Waals surface area contributed by atoms with E-state index in [2.05, 4.69) is 6.58 Å². The van der Waals surface area contributed by atoms with Crippen LogP contribution in [0.5, 0.6) is 0 Å². The van der Waals surface area contributed by atoms with Gasteiger partial charge < -0.3 is 10.2 Å². The van der Waals surface area contributed by atoms with Crippen LogP contribution in [0.2, 0.25) is 0 Å². The Kier molecular flexibility index (Phi) is 2.88. The lowest BCUT2D eigenvalue weighted by atomic mass is 10.3. The Morgan fingerprint density at radius 1 is 1.88 bits per heavy atom. The zero-order valence-corrected chi connectivity index (χ0v) is 4.37. The standard InChI is InChI=1S/C5H8O3/c1-2-3-4(6)5(7)8/h2,4,6H,1,3H2,(H,7,8). The highest BCUT2D eigenvalue weighted by Crippen LogP contribution is 1.89. The minimum atomic E-state index is -1.28. The van der Waals surface area contributed by atoms with Crippen molar-refractivity contribution in [2.45, 2.75) is 12.5 Å². The zero-order chi connectivity index (χ0) is 6.57. The molecule has 0 aliphatic rings. The van der Waals surface area contributed by atoms with E-state index >= 15 is 0 Å². The average Bonchev–Trinajstić information content (AvgIpc) is 1.67. The lowest BCUT2D eigenvalue weighted by Crippen LogP contribution is -2.17. The molecule has 3 nitrogen and oxygen atoms in total. The van der Waals surface area contributed by atoms with Crippen molar-refractivity contribution in [3.63, 3.8) is 0 Å². The summed E-state index contributed by atoms with van der Waals surface area (Å²) in [5, 5.41) is 16.5. The molecule has 0 saturated heterocycles. The van der Waals surface area contributed by atoms with Gasteiger partial charge in [0.05, 0.1) is 0 Å². The summed E-state index contributed by atoms with van der Waals surface area (Å²) in [5.74, 6) is -1.20. The molecule has 0 rings (SSSR count). The van der Waals surface area contributed by atoms with Crippen LogP contribution in [0.25, 0.3) is 0 Å². The SMILES string of the molecule is C=CCC(O)C(=O)O. The molecule has 0 saturated carbocycles. The summed E-state index contributed by atoms with van der Waals surface area (Å²) in [6.45, 7) is 3.26. The predicted molar refractivity (Wildman–Crippen MR) is 28.5 cm³/mol. The number of hydrogen-bond donors (Lipinski definition) is 2. The van der Waals surface area contributed by atoms with Crippen molar-refractivity contribution in [2.24, 2.45) is 0 Å². The molecule has 1 atom stereocenters. The van der Waals surface area contributed by atoms with Crippen molar-refractivity contribution >= 4 is 5.97 Å². The molecule has 0 spiro atoms. The van der Waals surface area contributed by atoms with E-state index in [1.54, 1.807) is 0 Å². The number of hydrogen-bond acceptors (Lipinski definition) is 2. The monoisotopic (exact) mass is 116 g/mol. The molecular weight excluding hydrogens is 108 g/mol. The Morgan fingerprint density at radius 2 is 2.38 bits per heavy atom. The molecule has 0 aromatic carbocycles. The quantitative estimate of drug-likeness (QED) is 0.510. The van der Waals surface area contributed by atoms with Gasteiger partial charge in [-0.05, 0) is 0 Å². The van der Waals surface area contributed by atoms with Gasteiger partial charge in [-0.1, -0.05) is 6.08 Å². The fourth-order valence-corrected chi connectivity index (χ4v) is 0.259. The third-order valence-corrected chi connectivity index (χ3v) is 0.675. The molecule has 1 unspecified atom stereocenters. The van der Waals surface area contributed by atoms with E-state index in [1.165, 1.54) is 6.08 Å². The first-order chi connectivity index (χ1) is 3.68. The molecule has 8 heavy (non-hydrogen) atoms. The van der Waals surface area contributed by atoms with E-state index in [4.69, 9.17) is 10.2 Å². The molecule has 2 N–H and O–H groups in total. The molecule has 0 fully saturated rings. The van der Waals surface area contributed by atoms with Crippen LogP contribution in [0, 0.1) is 0 Å². The van der Waals surface area contributed by atoms with Crippen LogP contribution in [0.15, 0.2) is 12.7 Å². The van der Waals surface area contributed by atoms with Crippen LogP contribution in [-0.2, 0) is 4.79 Å². The molecule has 0 aliphatic heterocycles. The van der Waals surface area contributed by atoms with Crippen LogP contribution in [-0.4, -0.2) is 22.3 Å². The average molecular weight is 116 g/mol. The van der Waals surface area contributed by atoms with Crippen LogP contribution < -0.4 is 0 Å². The first kappa shape index (κ1) is 7.17. The van der Waals surface area contributed by atoms with E-state index in [0.29, 0.717) is 0 Å². The Bertz CT molecular complexity index is 97.8. The number of rotatable bonds is 3. The lowest BCUT2D eigenvalue weighted by molar-refractivity contribution is -0.146. The van der Waals surface area contributed by atoms with Gasteiger partial charge in [-0.25, -0.2) is 4.79 Å². The maximum absolute atomic E-state index is 9.79. The fourth-order valence-electron chi connectivity index (χ4n) is 0.259. The number of carbonyl (C=O) groups is 1. The number of aliphatic carboxylic acids is 1. The number of carboxylic acids is 1. The van der Waals surface area contributed by atoms with E-state index in [-0.39, 0.29) is 6.42 Å². The summed E-state index contributed by atoms with van der Waals surface area (Å²) in [4.78, 5) is 9.79. The van der Waals surface area contributed by atoms with Crippen molar-refractivity contribution in [1.29, 1.82) is 0 Å². The van der Waals surface area contributed by atoms with Crippen molar-refractivity contribution < 1.29 is 15.0 Å². The summed E-state index contributed by atoms with van der Waals surface area (Å²) in [6.07, 6.45) is 0.182. The van der Waals surface area contributed by atoms with Gasteiger partial charge in [0.15, 0.2) is 6.10 Å². The third kappa shape index (κ3) is 2.36. The normalized spacial score (nSPS) is 12.6. The van der Waals surface area contributed by atoms with E-state index in [9.17, 15) is 4.79 Å². The molecule has 0 aromatic heterocycles. The largest absolute Gasteiger partial charge is 0.479 e. The summed E-state index contributed by atoms with van der Waals surface area (Å²) >= 11 is 0. The molecule has 0 heterocycles. The lowest BCUT2D eigenvalue weighted by Gasteiger charge is -1.97. The number of aliphatic hydroxyl groups is 1. The number of aliphatic hydroxyl groups excluding tert-OH is 1. The van der Waals surface area contributed by atoms with Crippen molar-refractivity contribution in [2.75, 3.05) is 0 Å². The molecule has 0 amide bonds. The highest BCUT2D eigenvalue weighted by atomic mass is 16.4. The molecule has 0 bridgehead atoms. The predicted octanol–water partition coefficient (Wildman–Crippen LogP) is 0.00800. The van der Waals surface area contributed by atoms with E-state index in [1.807, 2.05) is 0 Å². The molecule has 0 aromatic rings. The molecule has 46 valence electrons. The highest BCUT2D eigenvalue weighted by Gasteiger charge is 2.08. The fraction of sp³-hybridized carbons (Fsp3) is 0.400. The third-order valence-electron chi connectivity index (χ3n) is 0.675. The molecular formula is C5H8O3. The number of carboxylic acid groups (broad SMARTS) is 1. The minimum absolute atomic E-state index is 0.106. The highest BCUT2D eigenvalue weighted by molar-refractivity contribution is 5.72. The second kappa shape index (κ2) is 3.21. The zero-order valence-electron chi connectivity index (χ0n) is 4.37. The molecule has 0 radical (unpaired) electrons. The van der Waals surface area contributed by atoms with Gasteiger partial charge in [0.2, 0.25) is 0 Å². The van der Waals surface area contributed by atoms with E-state index < -0.39 is 12.1 Å². The summed E-state index contributed by atoms with van der Waals surface area (Å²) in [5.41, 5.74) is 0. The van der Waals surface area contributed by atoms with Crippen LogP contribution in [0.4, 0.5) is 0 Å². The van der Waals surface area contributed by atoms with Crippen molar-refractivity contribution in [3.05, 3.63) is 12.7 Å². The van der Waals surface area contributed by atoms with Crippen LogP contribution in [0.3, 0.4) is 0 Å². The van der Waals surface area contributed by atoms with Gasteiger partial charge in [-0.15, -0.1) is 6.58 Å². The van der Waals surface area contributed by atoms with Gasteiger partial charge in [0, 0.05) is 6.42 Å². The van der Waals surface area contributed by atoms with Gasteiger partial charge >= 0.3 is 5.97 Å². The van der Waals surface area contributed by atoms with Gasteiger partial charge in [0.25, 0.3) is 0 Å². The van der Waals surface area contributed by atoms with Crippen molar-refractivity contribution in [1.82, 2.24) is 0 Å². The summed E-state index contributed by atoms with van der Waals surface area (Å²) < 4.78 is 0. The van der Waals surface area contributed by atoms with Crippen LogP contribution >= 0.6 is 0 Å². The molecule has 3 heteroatoms. The van der Waals surface area contributed by atoms with Crippen molar-refractivity contribution in [3.8, 4) is 0 Å². The first-order valence-electron chi connectivity index (χ1n) is 2.20. The second-order valence-corrected chi connectivity index (χ2v) is 1.38. The minimum Gasteiger partial charge on any atom is -0.479 e. The Hall–Kier alpha value is -0.830. The maximum Gasteiger partial charge on any atom is 0.332 e. The summed E-state index contributed by atoms with van der Waals surface area (Å²) in [7, 11) is 0. The first-order valence-corrected chi connectivity index (χ1v) is 2.20. The second-order valence-electron chi connectivity index (χ2n) is 1.38. The van der Waals surface area contributed by atoms with Gasteiger partial charge in [-0.2, -0.15) is 0 Å². The smallest absolute Gasteiger partial charge is 0.332 e. The van der Waals surface area contributed by atoms with Gasteiger partial charge in [0.1, 0.15) is 0 Å². The van der Waals surface area contributed by atoms with E-state index in [0.717, 1.165) is 0 Å². The Labute approximate surface area is 47.3 Å². The molecule has 0 aliphatic carbocycles. The Balaban J connectivity index is 3.46. The van der Waals surface area contributed by atoms with Gasteiger partial charge in [-0.3, -0.25) is 0 Å². The van der Waals surface area contributed by atoms with Crippen LogP contribution in [0.1, 0.15) is 6.42 Å².